The first-order chi connectivity index (χ1) is 13.1. The van der Waals surface area contributed by atoms with Gasteiger partial charge >= 0.3 is 0 Å². The molecular weight excluding hydrogens is 348 g/mol. The third kappa shape index (κ3) is 4.18. The second-order valence-electron chi connectivity index (χ2n) is 9.64. The van der Waals surface area contributed by atoms with E-state index >= 15 is 0 Å². The molecule has 2 nitrogen and oxygen atoms in total. The molecule has 4 aliphatic carbocycles. The first-order valence-corrected chi connectivity index (χ1v) is 11.7. The van der Waals surface area contributed by atoms with Gasteiger partial charge in [-0.2, -0.15) is 0 Å². The first kappa shape index (κ1) is 19.2. The Morgan fingerprint density at radius 3 is 2.15 bits per heavy atom. The number of aryl methyl sites for hydroxylation is 1. The summed E-state index contributed by atoms with van der Waals surface area (Å²) in [5.74, 6) is 2.97. The number of nitrogens with one attached hydrogen (secondary N) is 2. The molecule has 1 unspecified atom stereocenters. The summed E-state index contributed by atoms with van der Waals surface area (Å²) in [5, 5.41) is 7.99. The van der Waals surface area contributed by atoms with Crippen LogP contribution in [-0.2, 0) is 6.42 Å². The molecule has 4 saturated carbocycles. The summed E-state index contributed by atoms with van der Waals surface area (Å²) in [6, 6.07) is 9.33. The molecule has 3 heteroatoms. The van der Waals surface area contributed by atoms with Crippen molar-refractivity contribution in [1.29, 1.82) is 0 Å². The van der Waals surface area contributed by atoms with Crippen LogP contribution in [0.3, 0.4) is 0 Å². The smallest absolute Gasteiger partial charge is 0.171 e. The van der Waals surface area contributed by atoms with Crippen molar-refractivity contribution in [3.8, 4) is 0 Å². The second-order valence-corrected chi connectivity index (χ2v) is 10.0. The van der Waals surface area contributed by atoms with Crippen LogP contribution in [0.15, 0.2) is 24.3 Å². The fourth-order valence-corrected chi connectivity index (χ4v) is 7.01. The van der Waals surface area contributed by atoms with Gasteiger partial charge in [-0.05, 0) is 111 Å². The summed E-state index contributed by atoms with van der Waals surface area (Å²) < 4.78 is 0. The molecule has 0 saturated heterocycles. The Morgan fingerprint density at radius 2 is 1.63 bits per heavy atom. The average Bonchev–Trinajstić information content (AvgIpc) is 2.64. The van der Waals surface area contributed by atoms with E-state index in [0.717, 1.165) is 28.6 Å². The van der Waals surface area contributed by atoms with E-state index in [1.165, 1.54) is 69.8 Å². The molecule has 0 amide bonds. The highest BCUT2D eigenvalue weighted by Crippen LogP contribution is 2.61. The summed E-state index contributed by atoms with van der Waals surface area (Å²) in [7, 11) is 0. The minimum atomic E-state index is 0.499. The predicted molar refractivity (Wildman–Crippen MR) is 119 cm³/mol. The number of unbranched alkanes of at least 4 members (excludes halogenated alkanes) is 1. The monoisotopic (exact) mass is 384 g/mol. The molecule has 0 spiro atoms. The van der Waals surface area contributed by atoms with Crippen molar-refractivity contribution in [3.05, 3.63) is 29.8 Å². The Hall–Kier alpha value is -1.09. The van der Waals surface area contributed by atoms with Gasteiger partial charge in [0.05, 0.1) is 0 Å². The lowest BCUT2D eigenvalue weighted by Crippen LogP contribution is -2.57. The van der Waals surface area contributed by atoms with Crippen LogP contribution in [0.25, 0.3) is 0 Å². The molecule has 4 bridgehead atoms. The van der Waals surface area contributed by atoms with E-state index in [9.17, 15) is 0 Å². The summed E-state index contributed by atoms with van der Waals surface area (Å²) in [6.45, 7) is 4.58. The lowest BCUT2D eigenvalue weighted by molar-refractivity contribution is -0.0709. The third-order valence-corrected chi connectivity index (χ3v) is 7.79. The van der Waals surface area contributed by atoms with Crippen LogP contribution < -0.4 is 10.6 Å². The van der Waals surface area contributed by atoms with Crippen LogP contribution in [0.1, 0.15) is 77.2 Å². The maximum Gasteiger partial charge on any atom is 0.171 e. The van der Waals surface area contributed by atoms with Crippen LogP contribution >= 0.6 is 12.2 Å². The number of anilines is 1. The Morgan fingerprint density at radius 1 is 1.04 bits per heavy atom. The zero-order valence-corrected chi connectivity index (χ0v) is 17.9. The van der Waals surface area contributed by atoms with Gasteiger partial charge in [-0.15, -0.1) is 0 Å². The molecule has 0 heterocycles. The van der Waals surface area contributed by atoms with Gasteiger partial charge in [0.25, 0.3) is 0 Å². The second kappa shape index (κ2) is 8.11. The molecular formula is C24H36N2S. The number of benzene rings is 1. The topological polar surface area (TPSA) is 24.1 Å². The van der Waals surface area contributed by atoms with Crippen molar-refractivity contribution in [1.82, 2.24) is 5.32 Å². The lowest BCUT2D eigenvalue weighted by atomic mass is 9.47. The van der Waals surface area contributed by atoms with E-state index in [-0.39, 0.29) is 0 Å². The molecule has 0 aromatic heterocycles. The van der Waals surface area contributed by atoms with Crippen LogP contribution in [0.2, 0.25) is 0 Å². The van der Waals surface area contributed by atoms with Crippen molar-refractivity contribution in [3.63, 3.8) is 0 Å². The summed E-state index contributed by atoms with van der Waals surface area (Å²) in [6.07, 6.45) is 13.6. The quantitative estimate of drug-likeness (QED) is 0.539. The predicted octanol–water partition coefficient (Wildman–Crippen LogP) is 6.31. The zero-order valence-electron chi connectivity index (χ0n) is 17.1. The third-order valence-electron chi connectivity index (χ3n) is 7.57. The molecule has 4 fully saturated rings. The Kier molecular flexibility index (Phi) is 5.78. The molecule has 1 aromatic carbocycles. The van der Waals surface area contributed by atoms with E-state index in [1.54, 1.807) is 0 Å². The number of rotatable bonds is 7. The number of hydrogen-bond acceptors (Lipinski definition) is 1. The molecule has 0 aliphatic heterocycles. The van der Waals surface area contributed by atoms with Crippen LogP contribution in [-0.4, -0.2) is 11.2 Å². The fourth-order valence-electron chi connectivity index (χ4n) is 6.75. The summed E-state index contributed by atoms with van der Waals surface area (Å²) in [4.78, 5) is 0. The van der Waals surface area contributed by atoms with Crippen molar-refractivity contribution >= 4 is 23.0 Å². The van der Waals surface area contributed by atoms with E-state index in [2.05, 4.69) is 48.7 Å². The molecule has 5 rings (SSSR count). The van der Waals surface area contributed by atoms with Gasteiger partial charge in [-0.25, -0.2) is 0 Å². The van der Waals surface area contributed by atoms with Crippen molar-refractivity contribution < 1.29 is 0 Å². The largest absolute Gasteiger partial charge is 0.359 e. The molecule has 1 atom stereocenters. The molecule has 4 aliphatic rings. The van der Waals surface area contributed by atoms with E-state index in [4.69, 9.17) is 12.2 Å². The van der Waals surface area contributed by atoms with Crippen LogP contribution in [0.5, 0.6) is 0 Å². The SMILES string of the molecule is CCCCc1ccc(NC(=S)NC(CC)C23CC4CC(CC(C4)C2)C3)cc1. The van der Waals surface area contributed by atoms with Gasteiger partial charge in [0, 0.05) is 11.7 Å². The van der Waals surface area contributed by atoms with E-state index in [0.29, 0.717) is 11.5 Å². The maximum atomic E-state index is 5.71. The standard InChI is InChI=1S/C24H36N2S/c1-3-5-6-17-7-9-21(10-8-17)25-23(27)26-22(4-2)24-14-18-11-19(15-24)13-20(12-18)16-24/h7-10,18-20,22H,3-6,11-16H2,1-2H3,(H2,25,26,27). The molecule has 2 N–H and O–H groups in total. The highest BCUT2D eigenvalue weighted by molar-refractivity contribution is 7.80. The van der Waals surface area contributed by atoms with Gasteiger partial charge in [0.15, 0.2) is 5.11 Å². The Balaban J connectivity index is 1.36. The van der Waals surface area contributed by atoms with Crippen molar-refractivity contribution in [2.75, 3.05) is 5.32 Å². The number of thiocarbonyl (C=S) groups is 1. The van der Waals surface area contributed by atoms with Crippen molar-refractivity contribution in [2.45, 2.75) is 84.1 Å². The van der Waals surface area contributed by atoms with Crippen molar-refractivity contribution in [2.24, 2.45) is 23.2 Å². The minimum absolute atomic E-state index is 0.499. The molecule has 148 valence electrons. The van der Waals surface area contributed by atoms with Gasteiger partial charge in [-0.1, -0.05) is 32.4 Å². The van der Waals surface area contributed by atoms with Gasteiger partial charge < -0.3 is 10.6 Å². The summed E-state index contributed by atoms with van der Waals surface area (Å²) in [5.41, 5.74) is 3.02. The Bertz CT molecular complexity index is 616. The highest BCUT2D eigenvalue weighted by atomic mass is 32.1. The summed E-state index contributed by atoms with van der Waals surface area (Å²) >= 11 is 5.71. The normalized spacial score (nSPS) is 32.3. The minimum Gasteiger partial charge on any atom is -0.359 e. The lowest BCUT2D eigenvalue weighted by Gasteiger charge is -2.59. The zero-order chi connectivity index (χ0) is 18.9. The van der Waals surface area contributed by atoms with E-state index in [1.807, 2.05) is 0 Å². The van der Waals surface area contributed by atoms with E-state index < -0.39 is 0 Å². The average molecular weight is 385 g/mol. The Labute approximate surface area is 170 Å². The molecule has 0 radical (unpaired) electrons. The fraction of sp³-hybridized carbons (Fsp3) is 0.708. The molecule has 1 aromatic rings. The van der Waals surface area contributed by atoms with Gasteiger partial charge in [-0.3, -0.25) is 0 Å². The van der Waals surface area contributed by atoms with Gasteiger partial charge in [0.2, 0.25) is 0 Å². The van der Waals surface area contributed by atoms with Crippen LogP contribution in [0, 0.1) is 23.2 Å². The van der Waals surface area contributed by atoms with Crippen LogP contribution in [0.4, 0.5) is 5.69 Å². The van der Waals surface area contributed by atoms with Gasteiger partial charge in [0.1, 0.15) is 0 Å². The maximum absolute atomic E-state index is 5.71. The molecule has 27 heavy (non-hydrogen) atoms. The number of hydrogen-bond donors (Lipinski definition) is 2. The highest BCUT2D eigenvalue weighted by Gasteiger charge is 2.53. The first-order valence-electron chi connectivity index (χ1n) is 11.3.